The van der Waals surface area contributed by atoms with Crippen molar-refractivity contribution < 1.29 is 15.0 Å². The summed E-state index contributed by atoms with van der Waals surface area (Å²) in [6.07, 6.45) is -0.0604. The van der Waals surface area contributed by atoms with E-state index in [0.717, 1.165) is 17.5 Å². The molecule has 4 heteroatoms. The van der Waals surface area contributed by atoms with Gasteiger partial charge in [0.25, 0.3) is 0 Å². The van der Waals surface area contributed by atoms with E-state index in [1.54, 1.807) is 0 Å². The summed E-state index contributed by atoms with van der Waals surface area (Å²) in [5.74, 6) is -1.21. The highest BCUT2D eigenvalue weighted by molar-refractivity contribution is 5.75. The third-order valence-electron chi connectivity index (χ3n) is 3.52. The average Bonchev–Trinajstić information content (AvgIpc) is 2.68. The van der Waals surface area contributed by atoms with Gasteiger partial charge in [-0.15, -0.1) is 0 Å². The van der Waals surface area contributed by atoms with E-state index in [1.807, 2.05) is 24.3 Å². The maximum absolute atomic E-state index is 11.0. The molecule has 0 saturated carbocycles. The molecule has 4 nitrogen and oxygen atoms in total. The van der Waals surface area contributed by atoms with Crippen molar-refractivity contribution in [2.24, 2.45) is 5.73 Å². The van der Waals surface area contributed by atoms with Crippen molar-refractivity contribution in [3.8, 4) is 0 Å². The van der Waals surface area contributed by atoms with Crippen LogP contribution in [0.3, 0.4) is 0 Å². The van der Waals surface area contributed by atoms with Gasteiger partial charge in [0.15, 0.2) is 6.10 Å². The molecule has 1 aliphatic carbocycles. The number of fused-ring (bicyclic) bond motifs is 1. The predicted octanol–water partition coefficient (Wildman–Crippen LogP) is 0.275. The van der Waals surface area contributed by atoms with Crippen LogP contribution in [0.1, 0.15) is 17.5 Å². The first-order valence-corrected chi connectivity index (χ1v) is 5.31. The number of carbonyl (C=O) groups is 1. The van der Waals surface area contributed by atoms with Gasteiger partial charge in [-0.1, -0.05) is 24.3 Å². The molecule has 4 N–H and O–H groups in total. The molecule has 1 aromatic rings. The summed E-state index contributed by atoms with van der Waals surface area (Å²) in [5, 5.41) is 18.8. The van der Waals surface area contributed by atoms with Gasteiger partial charge in [-0.2, -0.15) is 0 Å². The number of hydrogen-bond acceptors (Lipinski definition) is 3. The number of benzene rings is 1. The first kappa shape index (κ1) is 11.1. The Morgan fingerprint density at radius 1 is 1.50 bits per heavy atom. The van der Waals surface area contributed by atoms with Gasteiger partial charge in [0.1, 0.15) is 0 Å². The zero-order valence-electron chi connectivity index (χ0n) is 8.89. The Morgan fingerprint density at radius 2 is 2.19 bits per heavy atom. The van der Waals surface area contributed by atoms with E-state index in [0.29, 0.717) is 6.42 Å². The molecule has 86 valence electrons. The molecule has 2 rings (SSSR count). The molecule has 1 aliphatic rings. The van der Waals surface area contributed by atoms with Crippen LogP contribution in [0, 0.1) is 0 Å². The highest BCUT2D eigenvalue weighted by atomic mass is 16.4. The number of carboxylic acid groups (broad SMARTS) is 1. The minimum Gasteiger partial charge on any atom is -0.479 e. The van der Waals surface area contributed by atoms with E-state index in [-0.39, 0.29) is 6.54 Å². The molecule has 2 unspecified atom stereocenters. The van der Waals surface area contributed by atoms with Crippen molar-refractivity contribution >= 4 is 5.97 Å². The summed E-state index contributed by atoms with van der Waals surface area (Å²) in [6.45, 7) is 0.150. The van der Waals surface area contributed by atoms with Crippen molar-refractivity contribution in [3.63, 3.8) is 0 Å². The first-order chi connectivity index (χ1) is 7.62. The fourth-order valence-corrected chi connectivity index (χ4v) is 2.56. The summed E-state index contributed by atoms with van der Waals surface area (Å²) >= 11 is 0. The lowest BCUT2D eigenvalue weighted by Crippen LogP contribution is -2.48. The monoisotopic (exact) mass is 221 g/mol. The van der Waals surface area contributed by atoms with Crippen LogP contribution in [0.2, 0.25) is 0 Å². The number of aliphatic hydroxyl groups is 1. The number of rotatable bonds is 3. The van der Waals surface area contributed by atoms with E-state index in [1.165, 1.54) is 0 Å². The van der Waals surface area contributed by atoms with Crippen LogP contribution in [0.15, 0.2) is 24.3 Å². The van der Waals surface area contributed by atoms with Gasteiger partial charge < -0.3 is 15.9 Å². The van der Waals surface area contributed by atoms with Crippen LogP contribution in [0.4, 0.5) is 0 Å². The highest BCUT2D eigenvalue weighted by Crippen LogP contribution is 2.40. The van der Waals surface area contributed by atoms with Crippen LogP contribution in [0.5, 0.6) is 0 Å². The van der Waals surface area contributed by atoms with Crippen LogP contribution >= 0.6 is 0 Å². The molecular formula is C12H15NO3. The fourth-order valence-electron chi connectivity index (χ4n) is 2.56. The van der Waals surface area contributed by atoms with Crippen molar-refractivity contribution in [1.82, 2.24) is 0 Å². The van der Waals surface area contributed by atoms with Gasteiger partial charge >= 0.3 is 5.97 Å². The van der Waals surface area contributed by atoms with Gasteiger partial charge in [-0.05, 0) is 24.0 Å². The Bertz CT molecular complexity index is 418. The second-order valence-electron chi connectivity index (χ2n) is 4.26. The summed E-state index contributed by atoms with van der Waals surface area (Å²) in [4.78, 5) is 11.0. The molecule has 2 atom stereocenters. The number of carboxylic acids is 1. The van der Waals surface area contributed by atoms with Crippen LogP contribution in [-0.4, -0.2) is 28.8 Å². The summed E-state index contributed by atoms with van der Waals surface area (Å²) in [7, 11) is 0. The number of hydrogen-bond donors (Lipinski definition) is 3. The summed E-state index contributed by atoms with van der Waals surface area (Å²) < 4.78 is 0. The van der Waals surface area contributed by atoms with Gasteiger partial charge in [0.05, 0.1) is 0 Å². The van der Waals surface area contributed by atoms with E-state index in [4.69, 9.17) is 10.8 Å². The van der Waals surface area contributed by atoms with E-state index >= 15 is 0 Å². The second-order valence-corrected chi connectivity index (χ2v) is 4.26. The fraction of sp³-hybridized carbons (Fsp3) is 0.417. The predicted molar refractivity (Wildman–Crippen MR) is 59.1 cm³/mol. The largest absolute Gasteiger partial charge is 0.479 e. The topological polar surface area (TPSA) is 83.5 Å². The molecule has 0 amide bonds. The summed E-state index contributed by atoms with van der Waals surface area (Å²) in [5.41, 5.74) is 6.85. The van der Waals surface area contributed by atoms with Crippen molar-refractivity contribution in [3.05, 3.63) is 35.4 Å². The zero-order valence-corrected chi connectivity index (χ0v) is 8.89. The Labute approximate surface area is 93.7 Å². The molecule has 0 radical (unpaired) electrons. The quantitative estimate of drug-likeness (QED) is 0.684. The third-order valence-corrected chi connectivity index (χ3v) is 3.52. The minimum absolute atomic E-state index is 0.150. The van der Waals surface area contributed by atoms with Crippen LogP contribution < -0.4 is 5.73 Å². The molecule has 0 heterocycles. The molecule has 0 fully saturated rings. The lowest BCUT2D eigenvalue weighted by atomic mass is 9.76. The van der Waals surface area contributed by atoms with Crippen molar-refractivity contribution in [1.29, 1.82) is 0 Å². The van der Waals surface area contributed by atoms with Crippen LogP contribution in [-0.2, 0) is 16.6 Å². The van der Waals surface area contributed by atoms with Crippen molar-refractivity contribution in [2.75, 3.05) is 6.54 Å². The van der Waals surface area contributed by atoms with Gasteiger partial charge in [-0.25, -0.2) is 4.79 Å². The van der Waals surface area contributed by atoms with E-state index in [9.17, 15) is 9.90 Å². The molecule has 1 aromatic carbocycles. The third kappa shape index (κ3) is 1.42. The maximum atomic E-state index is 11.0. The smallest absolute Gasteiger partial charge is 0.333 e. The molecule has 0 saturated heterocycles. The SMILES string of the molecule is NCC1(C(O)C(=O)O)CCc2ccccc21. The molecule has 0 aromatic heterocycles. The Balaban J connectivity index is 2.49. The first-order valence-electron chi connectivity index (χ1n) is 5.31. The minimum atomic E-state index is -1.43. The van der Waals surface area contributed by atoms with Gasteiger partial charge in [-0.3, -0.25) is 0 Å². The molecule has 0 bridgehead atoms. The standard InChI is InChI=1S/C12H15NO3/c13-7-12(10(14)11(15)16)6-5-8-3-1-2-4-9(8)12/h1-4,10,14H,5-7,13H2,(H,15,16). The lowest BCUT2D eigenvalue weighted by Gasteiger charge is -2.31. The zero-order chi connectivity index (χ0) is 11.8. The Morgan fingerprint density at radius 3 is 2.81 bits per heavy atom. The van der Waals surface area contributed by atoms with Crippen molar-refractivity contribution in [2.45, 2.75) is 24.4 Å². The number of nitrogens with two attached hydrogens (primary N) is 1. The molecular weight excluding hydrogens is 206 g/mol. The summed E-state index contributed by atoms with van der Waals surface area (Å²) in [6, 6.07) is 7.59. The average molecular weight is 221 g/mol. The maximum Gasteiger partial charge on any atom is 0.333 e. The van der Waals surface area contributed by atoms with Gasteiger partial charge in [0.2, 0.25) is 0 Å². The number of aryl methyl sites for hydroxylation is 1. The van der Waals surface area contributed by atoms with Gasteiger partial charge in [0, 0.05) is 12.0 Å². The van der Waals surface area contributed by atoms with Crippen LogP contribution in [0.25, 0.3) is 0 Å². The van der Waals surface area contributed by atoms with E-state index < -0.39 is 17.5 Å². The lowest BCUT2D eigenvalue weighted by molar-refractivity contribution is -0.150. The normalized spacial score (nSPS) is 25.1. The number of aliphatic hydroxyl groups excluding tert-OH is 1. The second kappa shape index (κ2) is 3.88. The molecule has 0 spiro atoms. The van der Waals surface area contributed by atoms with E-state index in [2.05, 4.69) is 0 Å². The molecule has 0 aliphatic heterocycles. The Hall–Kier alpha value is -1.39. The molecule has 16 heavy (non-hydrogen) atoms. The highest BCUT2D eigenvalue weighted by Gasteiger charge is 2.46. The number of aliphatic carboxylic acids is 1. The Kier molecular flexibility index (Phi) is 2.69.